The third-order valence-corrected chi connectivity index (χ3v) is 5.50. The molecule has 3 atom stereocenters. The fourth-order valence-corrected chi connectivity index (χ4v) is 3.46. The molecule has 2 aromatic rings. The monoisotopic (exact) mass is 439 g/mol. The maximum Gasteiger partial charge on any atom is 0.266 e. The molecule has 0 aliphatic carbocycles. The van der Waals surface area contributed by atoms with Gasteiger partial charge in [-0.2, -0.15) is 0 Å². The zero-order valence-corrected chi connectivity index (χ0v) is 17.2. The van der Waals surface area contributed by atoms with E-state index in [2.05, 4.69) is 0 Å². The number of ether oxygens (including phenoxy) is 6. The minimum Gasteiger partial charge on any atom is -0.491 e. The Bertz CT molecular complexity index is 1040. The van der Waals surface area contributed by atoms with E-state index in [9.17, 15) is 9.59 Å². The van der Waals surface area contributed by atoms with Gasteiger partial charge in [-0.05, 0) is 18.2 Å². The molecule has 6 rings (SSSR count). The van der Waals surface area contributed by atoms with Gasteiger partial charge in [0, 0.05) is 18.2 Å². The second kappa shape index (κ2) is 7.77. The lowest BCUT2D eigenvalue weighted by atomic mass is 10.1. The Balaban J connectivity index is 1.26. The van der Waals surface area contributed by atoms with Crippen molar-refractivity contribution in [3.05, 3.63) is 47.5 Å². The van der Waals surface area contributed by atoms with E-state index < -0.39 is 11.8 Å². The van der Waals surface area contributed by atoms with Crippen LogP contribution in [0.3, 0.4) is 0 Å². The first-order valence-electron chi connectivity index (χ1n) is 10.6. The second-order valence-corrected chi connectivity index (χ2v) is 8.11. The average Bonchev–Trinajstić information content (AvgIpc) is 3.67. The summed E-state index contributed by atoms with van der Waals surface area (Å²) < 4.78 is 32.8. The highest BCUT2D eigenvalue weighted by molar-refractivity contribution is 6.34. The number of imide groups is 1. The molecule has 2 aromatic carbocycles. The van der Waals surface area contributed by atoms with Crippen LogP contribution in [0, 0.1) is 0 Å². The Morgan fingerprint density at radius 3 is 1.72 bits per heavy atom. The summed E-state index contributed by atoms with van der Waals surface area (Å²) in [6.45, 7) is 3.21. The van der Waals surface area contributed by atoms with E-state index in [4.69, 9.17) is 28.4 Å². The summed E-state index contributed by atoms with van der Waals surface area (Å²) in [5.74, 6) is 0.695. The quantitative estimate of drug-likeness (QED) is 0.408. The summed E-state index contributed by atoms with van der Waals surface area (Å²) in [5.41, 5.74) is 1.01. The highest BCUT2D eigenvalue weighted by atomic mass is 16.6. The standard InChI is InChI=1S/C23H21NO8/c25-22-20-2-1-14(27-7-17-10-30-17)6-21(20)23(26)24(22)13-3-15(28-8-18-11-31-18)5-16(4-13)29-9-19-12-32-19/h1-6,17-19H,7-12H2. The Labute approximate surface area is 183 Å². The van der Waals surface area contributed by atoms with Crippen LogP contribution >= 0.6 is 0 Å². The molecule has 9 heteroatoms. The van der Waals surface area contributed by atoms with Gasteiger partial charge in [0.1, 0.15) is 55.4 Å². The zero-order valence-electron chi connectivity index (χ0n) is 17.2. The second-order valence-electron chi connectivity index (χ2n) is 8.11. The summed E-state index contributed by atoms with van der Waals surface area (Å²) in [7, 11) is 0. The molecule has 3 saturated heterocycles. The molecule has 0 saturated carbocycles. The van der Waals surface area contributed by atoms with E-state index in [0.717, 1.165) is 4.90 Å². The van der Waals surface area contributed by atoms with E-state index in [1.165, 1.54) is 0 Å². The van der Waals surface area contributed by atoms with Crippen molar-refractivity contribution in [3.8, 4) is 17.2 Å². The molecule has 3 unspecified atom stereocenters. The molecule has 2 amide bonds. The number of epoxide rings is 3. The maximum absolute atomic E-state index is 13.2. The van der Waals surface area contributed by atoms with Crippen LogP contribution < -0.4 is 19.1 Å². The number of benzene rings is 2. The van der Waals surface area contributed by atoms with Gasteiger partial charge in [-0.15, -0.1) is 0 Å². The molecular weight excluding hydrogens is 418 g/mol. The minimum absolute atomic E-state index is 0.0710. The molecule has 3 fully saturated rings. The Hall–Kier alpha value is -3.14. The van der Waals surface area contributed by atoms with Crippen molar-refractivity contribution >= 4 is 17.5 Å². The predicted octanol–water partition coefficient (Wildman–Crippen LogP) is 1.82. The molecule has 4 aliphatic heterocycles. The topological polar surface area (TPSA) is 103 Å². The van der Waals surface area contributed by atoms with Crippen LogP contribution in [0.15, 0.2) is 36.4 Å². The van der Waals surface area contributed by atoms with Crippen LogP contribution in [0.4, 0.5) is 5.69 Å². The van der Waals surface area contributed by atoms with Gasteiger partial charge < -0.3 is 28.4 Å². The van der Waals surface area contributed by atoms with Crippen LogP contribution in [0.25, 0.3) is 0 Å². The van der Waals surface area contributed by atoms with Crippen molar-refractivity contribution in [3.63, 3.8) is 0 Å². The highest BCUT2D eigenvalue weighted by Crippen LogP contribution is 2.36. The van der Waals surface area contributed by atoms with Crippen LogP contribution in [0.1, 0.15) is 20.7 Å². The molecule has 166 valence electrons. The fraction of sp³-hybridized carbons (Fsp3) is 0.391. The number of amides is 2. The number of rotatable bonds is 10. The lowest BCUT2D eigenvalue weighted by Gasteiger charge is -2.17. The summed E-state index contributed by atoms with van der Waals surface area (Å²) in [5, 5.41) is 0. The van der Waals surface area contributed by atoms with Crippen LogP contribution in [-0.4, -0.2) is 69.8 Å². The highest BCUT2D eigenvalue weighted by Gasteiger charge is 2.38. The average molecular weight is 439 g/mol. The van der Waals surface area contributed by atoms with E-state index in [1.807, 2.05) is 0 Å². The van der Waals surface area contributed by atoms with Gasteiger partial charge in [-0.25, -0.2) is 4.90 Å². The molecular formula is C23H21NO8. The number of anilines is 1. The van der Waals surface area contributed by atoms with Crippen molar-refractivity contribution < 1.29 is 38.0 Å². The number of carbonyl (C=O) groups is 2. The van der Waals surface area contributed by atoms with E-state index in [0.29, 0.717) is 73.7 Å². The molecule has 32 heavy (non-hydrogen) atoms. The van der Waals surface area contributed by atoms with Gasteiger partial charge in [-0.3, -0.25) is 9.59 Å². The molecule has 0 spiro atoms. The molecule has 4 heterocycles. The third-order valence-electron chi connectivity index (χ3n) is 5.50. The summed E-state index contributed by atoms with van der Waals surface area (Å²) >= 11 is 0. The van der Waals surface area contributed by atoms with Gasteiger partial charge in [0.2, 0.25) is 0 Å². The number of hydrogen-bond acceptors (Lipinski definition) is 8. The van der Waals surface area contributed by atoms with E-state index in [1.54, 1.807) is 36.4 Å². The van der Waals surface area contributed by atoms with Crippen molar-refractivity contribution in [1.82, 2.24) is 0 Å². The molecule has 0 bridgehead atoms. The Morgan fingerprint density at radius 2 is 1.19 bits per heavy atom. The largest absolute Gasteiger partial charge is 0.491 e. The van der Waals surface area contributed by atoms with Gasteiger partial charge in [-0.1, -0.05) is 0 Å². The van der Waals surface area contributed by atoms with Crippen molar-refractivity contribution in [2.24, 2.45) is 0 Å². The van der Waals surface area contributed by atoms with Gasteiger partial charge in [0.25, 0.3) is 11.8 Å². The molecule has 0 aromatic heterocycles. The van der Waals surface area contributed by atoms with Gasteiger partial charge >= 0.3 is 0 Å². The Kier molecular flexibility index (Phi) is 4.74. The SMILES string of the molecule is O=C1c2ccc(OCC3CO3)cc2C(=O)N1c1cc(OCC2CO2)cc(OCC2CO2)c1. The lowest BCUT2D eigenvalue weighted by Crippen LogP contribution is -2.29. The first kappa shape index (κ1) is 19.5. The van der Waals surface area contributed by atoms with Crippen LogP contribution in [0.5, 0.6) is 17.2 Å². The number of fused-ring (bicyclic) bond motifs is 1. The Morgan fingerprint density at radius 1 is 0.688 bits per heavy atom. The normalized spacial score (nSPS) is 24.9. The van der Waals surface area contributed by atoms with Crippen molar-refractivity contribution in [2.45, 2.75) is 18.3 Å². The predicted molar refractivity (Wildman–Crippen MR) is 110 cm³/mol. The first-order chi connectivity index (χ1) is 15.6. The van der Waals surface area contributed by atoms with Crippen LogP contribution in [0.2, 0.25) is 0 Å². The van der Waals surface area contributed by atoms with Crippen molar-refractivity contribution in [2.75, 3.05) is 44.5 Å². The number of carbonyl (C=O) groups excluding carboxylic acids is 2. The minimum atomic E-state index is -0.419. The summed E-state index contributed by atoms with van der Waals surface area (Å²) in [6.07, 6.45) is 0.239. The number of nitrogens with zero attached hydrogens (tertiary/aromatic N) is 1. The number of hydrogen-bond donors (Lipinski definition) is 0. The van der Waals surface area contributed by atoms with Crippen LogP contribution in [-0.2, 0) is 14.2 Å². The maximum atomic E-state index is 13.2. The van der Waals surface area contributed by atoms with Crippen molar-refractivity contribution in [1.29, 1.82) is 0 Å². The lowest BCUT2D eigenvalue weighted by molar-refractivity contribution is 0.0926. The smallest absolute Gasteiger partial charge is 0.266 e. The first-order valence-corrected chi connectivity index (χ1v) is 10.6. The van der Waals surface area contributed by atoms with Gasteiger partial charge in [0.05, 0.1) is 36.6 Å². The molecule has 4 aliphatic rings. The van der Waals surface area contributed by atoms with Gasteiger partial charge in [0.15, 0.2) is 0 Å². The summed E-state index contributed by atoms with van der Waals surface area (Å²) in [4.78, 5) is 27.4. The zero-order chi connectivity index (χ0) is 21.7. The fourth-order valence-electron chi connectivity index (χ4n) is 3.46. The molecule has 0 N–H and O–H groups in total. The van der Waals surface area contributed by atoms with E-state index in [-0.39, 0.29) is 18.3 Å². The van der Waals surface area contributed by atoms with E-state index >= 15 is 0 Å². The summed E-state index contributed by atoms with van der Waals surface area (Å²) in [6, 6.07) is 9.96. The third kappa shape index (κ3) is 4.14. The molecule has 9 nitrogen and oxygen atoms in total. The molecule has 0 radical (unpaired) electrons.